The van der Waals surface area contributed by atoms with Crippen LogP contribution < -0.4 is 9.62 Å². The second-order valence-corrected chi connectivity index (χ2v) is 7.34. The maximum absolute atomic E-state index is 12.1. The van der Waals surface area contributed by atoms with Crippen molar-refractivity contribution in [2.75, 3.05) is 11.4 Å². The first-order chi connectivity index (χ1) is 10.9. The van der Waals surface area contributed by atoms with Gasteiger partial charge in [0.2, 0.25) is 15.9 Å². The van der Waals surface area contributed by atoms with Crippen LogP contribution in [0.25, 0.3) is 0 Å². The average molecular weight is 352 g/mol. The molecule has 0 unspecified atom stereocenters. The van der Waals surface area contributed by atoms with Crippen LogP contribution in [0.1, 0.15) is 5.56 Å². The fraction of sp³-hybridized carbons (Fsp3) is 0.200. The number of pyridine rings is 1. The van der Waals surface area contributed by atoms with Crippen molar-refractivity contribution in [2.45, 2.75) is 11.8 Å². The number of para-hydroxylation sites is 1. The molecule has 1 atom stereocenters. The number of hydrogen-bond donors (Lipinski definition) is 1. The molecule has 6 nitrogen and oxygen atoms in total. The maximum atomic E-state index is 12.1. The van der Waals surface area contributed by atoms with E-state index in [9.17, 15) is 13.2 Å². The van der Waals surface area contributed by atoms with Gasteiger partial charge in [-0.25, -0.2) is 18.1 Å². The highest BCUT2D eigenvalue weighted by molar-refractivity contribution is 7.88. The zero-order chi connectivity index (χ0) is 16.4. The van der Waals surface area contributed by atoms with Crippen LogP contribution in [-0.4, -0.2) is 31.9 Å². The number of nitrogens with zero attached hydrogens (tertiary/aromatic N) is 2. The maximum Gasteiger partial charge on any atom is 0.247 e. The molecule has 8 heteroatoms. The Balaban J connectivity index is 1.61. The van der Waals surface area contributed by atoms with Gasteiger partial charge < -0.3 is 4.90 Å². The number of nitrogens with one attached hydrogen (secondary N) is 1. The molecule has 1 aromatic heterocycles. The summed E-state index contributed by atoms with van der Waals surface area (Å²) < 4.78 is 26.7. The topological polar surface area (TPSA) is 79.4 Å². The number of sulfonamides is 1. The molecule has 0 saturated carbocycles. The van der Waals surface area contributed by atoms with Gasteiger partial charge in [0.15, 0.2) is 0 Å². The largest absolute Gasteiger partial charge is 0.309 e. The molecular weight excluding hydrogens is 338 g/mol. The predicted molar refractivity (Wildman–Crippen MR) is 87.6 cm³/mol. The van der Waals surface area contributed by atoms with Crippen molar-refractivity contribution in [3.63, 3.8) is 0 Å². The van der Waals surface area contributed by atoms with E-state index in [0.29, 0.717) is 17.3 Å². The van der Waals surface area contributed by atoms with Crippen molar-refractivity contribution in [3.8, 4) is 0 Å². The molecule has 0 radical (unpaired) electrons. The van der Waals surface area contributed by atoms with Crippen molar-refractivity contribution < 1.29 is 13.2 Å². The zero-order valence-corrected chi connectivity index (χ0v) is 13.6. The molecule has 2 heterocycles. The van der Waals surface area contributed by atoms with Gasteiger partial charge >= 0.3 is 0 Å². The van der Waals surface area contributed by atoms with Gasteiger partial charge in [0, 0.05) is 11.9 Å². The van der Waals surface area contributed by atoms with Crippen molar-refractivity contribution in [1.29, 1.82) is 0 Å². The van der Waals surface area contributed by atoms with E-state index in [1.165, 1.54) is 17.2 Å². The Kier molecular flexibility index (Phi) is 4.34. The van der Waals surface area contributed by atoms with Gasteiger partial charge in [0.1, 0.15) is 11.2 Å². The van der Waals surface area contributed by atoms with Crippen LogP contribution in [0.5, 0.6) is 0 Å². The summed E-state index contributed by atoms with van der Waals surface area (Å²) >= 11 is 5.67. The van der Waals surface area contributed by atoms with Gasteiger partial charge in [-0.05, 0) is 23.8 Å². The molecule has 1 saturated heterocycles. The standard InChI is InChI=1S/C15H14ClN3O3S/c16-14-7-6-11(8-17-14)10-23(21,22)18-13-9-19(15(13)20)12-4-2-1-3-5-12/h1-8,13,18H,9-10H2/t13-/m0/s1. The van der Waals surface area contributed by atoms with Gasteiger partial charge in [0.25, 0.3) is 0 Å². The lowest BCUT2D eigenvalue weighted by Gasteiger charge is -2.38. The van der Waals surface area contributed by atoms with E-state index >= 15 is 0 Å². The molecule has 23 heavy (non-hydrogen) atoms. The third-order valence-electron chi connectivity index (χ3n) is 3.46. The summed E-state index contributed by atoms with van der Waals surface area (Å²) in [7, 11) is -3.63. The molecule has 0 spiro atoms. The van der Waals surface area contributed by atoms with Gasteiger partial charge in [-0.3, -0.25) is 4.79 Å². The summed E-state index contributed by atoms with van der Waals surface area (Å²) in [5.74, 6) is -0.499. The number of halogens is 1. The number of carbonyl (C=O) groups is 1. The molecule has 2 aromatic rings. The number of hydrogen-bond acceptors (Lipinski definition) is 4. The van der Waals surface area contributed by atoms with Gasteiger partial charge in [0.05, 0.1) is 12.3 Å². The number of amides is 1. The highest BCUT2D eigenvalue weighted by Crippen LogP contribution is 2.22. The van der Waals surface area contributed by atoms with E-state index in [1.807, 2.05) is 30.3 Å². The van der Waals surface area contributed by atoms with E-state index < -0.39 is 16.1 Å². The minimum atomic E-state index is -3.63. The van der Waals surface area contributed by atoms with Crippen molar-refractivity contribution in [3.05, 3.63) is 59.4 Å². The van der Waals surface area contributed by atoms with Crippen LogP contribution in [0, 0.1) is 0 Å². The van der Waals surface area contributed by atoms with Gasteiger partial charge in [-0.1, -0.05) is 35.9 Å². The summed E-state index contributed by atoms with van der Waals surface area (Å²) in [6, 6.07) is 11.5. The quantitative estimate of drug-likeness (QED) is 0.655. The monoisotopic (exact) mass is 351 g/mol. The van der Waals surface area contributed by atoms with E-state index in [0.717, 1.165) is 5.69 Å². The van der Waals surface area contributed by atoms with E-state index in [4.69, 9.17) is 11.6 Å². The Hall–Kier alpha value is -1.96. The molecule has 1 N–H and O–H groups in total. The van der Waals surface area contributed by atoms with Crippen LogP contribution in [0.15, 0.2) is 48.7 Å². The Morgan fingerprint density at radius 3 is 2.57 bits per heavy atom. The Morgan fingerprint density at radius 1 is 1.22 bits per heavy atom. The lowest BCUT2D eigenvalue weighted by Crippen LogP contribution is -2.64. The van der Waals surface area contributed by atoms with Crippen LogP contribution in [0.3, 0.4) is 0 Å². The molecule has 1 aliphatic heterocycles. The molecule has 1 aliphatic rings. The Bertz CT molecular complexity index is 810. The minimum Gasteiger partial charge on any atom is -0.309 e. The first kappa shape index (κ1) is 15.9. The molecule has 0 aliphatic carbocycles. The average Bonchev–Trinajstić information content (AvgIpc) is 2.53. The van der Waals surface area contributed by atoms with Crippen LogP contribution in [0.4, 0.5) is 5.69 Å². The Morgan fingerprint density at radius 2 is 1.96 bits per heavy atom. The molecule has 1 aromatic carbocycles. The van der Waals surface area contributed by atoms with Crippen LogP contribution in [0.2, 0.25) is 5.15 Å². The minimum absolute atomic E-state index is 0.244. The molecule has 3 rings (SSSR count). The summed E-state index contributed by atoms with van der Waals surface area (Å²) in [5, 5.41) is 0.298. The third kappa shape index (κ3) is 3.69. The number of β-lactam (4-membered cyclic amide) rings is 1. The number of aromatic nitrogens is 1. The van der Waals surface area contributed by atoms with Crippen molar-refractivity contribution in [2.24, 2.45) is 0 Å². The van der Waals surface area contributed by atoms with Crippen LogP contribution in [-0.2, 0) is 20.6 Å². The van der Waals surface area contributed by atoms with E-state index in [1.54, 1.807) is 6.07 Å². The van der Waals surface area contributed by atoms with Crippen molar-refractivity contribution >= 4 is 33.2 Å². The molecule has 120 valence electrons. The highest BCUT2D eigenvalue weighted by atomic mass is 35.5. The summed E-state index contributed by atoms with van der Waals surface area (Å²) in [4.78, 5) is 17.5. The normalized spacial score (nSPS) is 17.9. The fourth-order valence-corrected chi connectivity index (χ4v) is 3.74. The van der Waals surface area contributed by atoms with Gasteiger partial charge in [-0.15, -0.1) is 0 Å². The van der Waals surface area contributed by atoms with E-state index in [2.05, 4.69) is 9.71 Å². The first-order valence-corrected chi connectivity index (χ1v) is 8.94. The molecule has 1 fully saturated rings. The summed E-state index contributed by atoms with van der Waals surface area (Å²) in [6.45, 7) is 0.320. The molecule has 1 amide bonds. The second-order valence-electron chi connectivity index (χ2n) is 5.20. The van der Waals surface area contributed by atoms with Crippen LogP contribution >= 0.6 is 11.6 Å². The fourth-order valence-electron chi connectivity index (χ4n) is 2.32. The smallest absolute Gasteiger partial charge is 0.247 e. The number of benzene rings is 1. The Labute approximate surface area is 139 Å². The SMILES string of the molecule is O=C1[C@@H](NS(=O)(=O)Cc2ccc(Cl)nc2)CN1c1ccccc1. The highest BCUT2D eigenvalue weighted by Gasteiger charge is 2.39. The van der Waals surface area contributed by atoms with Crippen molar-refractivity contribution in [1.82, 2.24) is 9.71 Å². The van der Waals surface area contributed by atoms with E-state index in [-0.39, 0.29) is 11.7 Å². The lowest BCUT2D eigenvalue weighted by molar-refractivity contribution is -0.124. The van der Waals surface area contributed by atoms with Gasteiger partial charge in [-0.2, -0.15) is 0 Å². The summed E-state index contributed by atoms with van der Waals surface area (Å²) in [6.07, 6.45) is 1.40. The summed E-state index contributed by atoms with van der Waals surface area (Å²) in [5.41, 5.74) is 1.27. The first-order valence-electron chi connectivity index (χ1n) is 6.91. The predicted octanol–water partition coefficient (Wildman–Crippen LogP) is 1.57. The molecular formula is C15H14ClN3O3S. The number of carbonyl (C=O) groups excluding carboxylic acids is 1. The zero-order valence-electron chi connectivity index (χ0n) is 12.0. The second kappa shape index (κ2) is 6.27. The number of anilines is 1. The lowest BCUT2D eigenvalue weighted by atomic mass is 10.1. The molecule has 0 bridgehead atoms. The third-order valence-corrected chi connectivity index (χ3v) is 5.04. The number of rotatable bonds is 5.